The number of aromatic amines is 1. The molecule has 5 rings (SSSR count). The van der Waals surface area contributed by atoms with Crippen molar-refractivity contribution in [3.63, 3.8) is 0 Å². The zero-order valence-corrected chi connectivity index (χ0v) is 22.5. The van der Waals surface area contributed by atoms with Crippen molar-refractivity contribution in [2.75, 3.05) is 27.9 Å². The van der Waals surface area contributed by atoms with Crippen molar-refractivity contribution in [2.24, 2.45) is 0 Å². The molecule has 11 heteroatoms. The fourth-order valence-corrected chi connectivity index (χ4v) is 5.13. The van der Waals surface area contributed by atoms with Gasteiger partial charge in [0, 0.05) is 41.3 Å². The summed E-state index contributed by atoms with van der Waals surface area (Å²) in [5, 5.41) is 23.6. The summed E-state index contributed by atoms with van der Waals surface area (Å²) in [4.78, 5) is 42.3. The number of nitro benzene ring substituents is 1. The van der Waals surface area contributed by atoms with Gasteiger partial charge in [0.1, 0.15) is 11.5 Å². The zero-order valence-electron chi connectivity index (χ0n) is 22.5. The summed E-state index contributed by atoms with van der Waals surface area (Å²) in [6.45, 7) is 0.138. The maximum Gasteiger partial charge on any atom is 0.295 e. The van der Waals surface area contributed by atoms with E-state index in [2.05, 4.69) is 4.98 Å². The summed E-state index contributed by atoms with van der Waals surface area (Å²) in [5.41, 5.74) is 1.90. The Kier molecular flexibility index (Phi) is 7.34. The van der Waals surface area contributed by atoms with Crippen LogP contribution in [0, 0.1) is 10.1 Å². The number of H-pyrrole nitrogens is 1. The number of ketones is 1. The highest BCUT2D eigenvalue weighted by atomic mass is 16.6. The lowest BCUT2D eigenvalue weighted by atomic mass is 9.94. The third-order valence-corrected chi connectivity index (χ3v) is 7.19. The fraction of sp³-hybridized carbons (Fsp3) is 0.200. The van der Waals surface area contributed by atoms with E-state index in [1.807, 2.05) is 24.4 Å². The van der Waals surface area contributed by atoms with Gasteiger partial charge < -0.3 is 29.2 Å². The lowest BCUT2D eigenvalue weighted by molar-refractivity contribution is -0.384. The Balaban J connectivity index is 1.61. The number of benzene rings is 3. The Bertz CT molecular complexity index is 1710. The van der Waals surface area contributed by atoms with Crippen LogP contribution in [-0.4, -0.2) is 59.5 Å². The smallest absolute Gasteiger partial charge is 0.295 e. The zero-order chi connectivity index (χ0) is 29.3. The van der Waals surface area contributed by atoms with Crippen LogP contribution < -0.4 is 14.2 Å². The van der Waals surface area contributed by atoms with Crippen LogP contribution in [0.2, 0.25) is 0 Å². The molecule has 0 aliphatic carbocycles. The highest BCUT2D eigenvalue weighted by molar-refractivity contribution is 6.46. The number of carbonyl (C=O) groups excluding carboxylic acids is 2. The summed E-state index contributed by atoms with van der Waals surface area (Å²) in [7, 11) is 4.53. The highest BCUT2D eigenvalue weighted by Crippen LogP contribution is 2.42. The van der Waals surface area contributed by atoms with Crippen molar-refractivity contribution >= 4 is 34.0 Å². The Morgan fingerprint density at radius 2 is 1.78 bits per heavy atom. The molecule has 2 N–H and O–H groups in total. The molecule has 2 heterocycles. The van der Waals surface area contributed by atoms with E-state index < -0.39 is 28.4 Å². The van der Waals surface area contributed by atoms with Gasteiger partial charge in [-0.25, -0.2) is 0 Å². The van der Waals surface area contributed by atoms with Crippen molar-refractivity contribution < 1.29 is 33.8 Å². The maximum atomic E-state index is 13.5. The number of nitrogens with one attached hydrogen (secondary N) is 1. The third kappa shape index (κ3) is 4.93. The first-order chi connectivity index (χ1) is 19.8. The summed E-state index contributed by atoms with van der Waals surface area (Å²) in [5.74, 6) is -0.704. The number of non-ortho nitro benzene ring substituents is 1. The monoisotopic (exact) mass is 557 g/mol. The Morgan fingerprint density at radius 3 is 2.49 bits per heavy atom. The summed E-state index contributed by atoms with van der Waals surface area (Å²) in [6, 6.07) is 14.9. The standard InChI is InChI=1S/C30H27N3O8/c1-39-21-8-9-23-22(15-21)19(16-31-23)11-12-32-27(17-7-10-24(40-2)25(14-17)41-3)26(29(35)30(32)36)28(34)18-5-4-6-20(13-18)33(37)38/h4-10,13-16,27,31,34H,11-12H2,1-3H3/t27-/m1/s1. The molecule has 1 fully saturated rings. The molecule has 0 bridgehead atoms. The SMILES string of the molecule is COc1ccc2[nH]cc(CCN3C(=O)C(=O)C(=C(O)c4cccc([N+](=O)[O-])c4)[C@H]3c3ccc(OC)c(OC)c3)c2c1. The number of carbonyl (C=O) groups is 2. The highest BCUT2D eigenvalue weighted by Gasteiger charge is 2.46. The van der Waals surface area contributed by atoms with Crippen molar-refractivity contribution in [1.82, 2.24) is 9.88 Å². The quantitative estimate of drug-likeness (QED) is 0.0985. The van der Waals surface area contributed by atoms with Gasteiger partial charge in [0.15, 0.2) is 11.5 Å². The van der Waals surface area contributed by atoms with Crippen LogP contribution in [0.3, 0.4) is 0 Å². The molecule has 0 unspecified atom stereocenters. The largest absolute Gasteiger partial charge is 0.507 e. The van der Waals surface area contributed by atoms with Crippen molar-refractivity contribution in [1.29, 1.82) is 0 Å². The first kappa shape index (κ1) is 27.3. The van der Waals surface area contributed by atoms with Crippen molar-refractivity contribution in [3.8, 4) is 17.2 Å². The molecule has 1 saturated heterocycles. The van der Waals surface area contributed by atoms with Gasteiger partial charge in [-0.3, -0.25) is 19.7 Å². The number of nitrogens with zero attached hydrogens (tertiary/aromatic N) is 2. The molecule has 0 spiro atoms. The number of Topliss-reactive ketones (excluding diaryl/α,β-unsaturated/α-hetero) is 1. The molecule has 210 valence electrons. The number of methoxy groups -OCH3 is 3. The average Bonchev–Trinajstić information content (AvgIpc) is 3.52. The van der Waals surface area contributed by atoms with E-state index in [4.69, 9.17) is 14.2 Å². The second-order valence-corrected chi connectivity index (χ2v) is 9.39. The van der Waals surface area contributed by atoms with E-state index in [1.54, 1.807) is 25.3 Å². The molecular formula is C30H27N3O8. The van der Waals surface area contributed by atoms with Crippen LogP contribution in [0.1, 0.15) is 22.7 Å². The third-order valence-electron chi connectivity index (χ3n) is 7.19. The molecule has 1 atom stereocenters. The summed E-state index contributed by atoms with van der Waals surface area (Å²) < 4.78 is 16.2. The van der Waals surface area contributed by atoms with Gasteiger partial charge >= 0.3 is 0 Å². The van der Waals surface area contributed by atoms with Crippen LogP contribution in [0.5, 0.6) is 17.2 Å². The Morgan fingerprint density at radius 1 is 1.00 bits per heavy atom. The van der Waals surface area contributed by atoms with Crippen LogP contribution in [-0.2, 0) is 16.0 Å². The minimum atomic E-state index is -0.992. The van der Waals surface area contributed by atoms with Gasteiger partial charge in [0.2, 0.25) is 0 Å². The second kappa shape index (κ2) is 11.0. The topological polar surface area (TPSA) is 144 Å². The molecule has 1 aliphatic heterocycles. The summed E-state index contributed by atoms with van der Waals surface area (Å²) in [6.07, 6.45) is 2.23. The maximum absolute atomic E-state index is 13.5. The Labute approximate surface area is 234 Å². The van der Waals surface area contributed by atoms with E-state index in [1.165, 1.54) is 37.3 Å². The minimum absolute atomic E-state index is 0.0476. The number of nitro groups is 1. The van der Waals surface area contributed by atoms with E-state index in [-0.39, 0.29) is 23.4 Å². The molecule has 1 amide bonds. The number of aliphatic hydroxyl groups excluding tert-OH is 1. The number of amides is 1. The first-order valence-corrected chi connectivity index (χ1v) is 12.7. The van der Waals surface area contributed by atoms with Gasteiger partial charge in [0.25, 0.3) is 17.4 Å². The van der Waals surface area contributed by atoms with Gasteiger partial charge in [0.05, 0.1) is 37.9 Å². The van der Waals surface area contributed by atoms with Crippen LogP contribution in [0.4, 0.5) is 5.69 Å². The fourth-order valence-electron chi connectivity index (χ4n) is 5.13. The number of hydrogen-bond acceptors (Lipinski definition) is 8. The van der Waals surface area contributed by atoms with E-state index in [0.29, 0.717) is 29.2 Å². The number of likely N-dealkylation sites (tertiary alicyclic amines) is 1. The first-order valence-electron chi connectivity index (χ1n) is 12.7. The van der Waals surface area contributed by atoms with E-state index in [9.17, 15) is 24.8 Å². The number of hydrogen-bond donors (Lipinski definition) is 2. The molecule has 1 aliphatic rings. The number of aromatic nitrogens is 1. The molecule has 1 aromatic heterocycles. The van der Waals surface area contributed by atoms with Crippen LogP contribution in [0.25, 0.3) is 16.7 Å². The predicted octanol–water partition coefficient (Wildman–Crippen LogP) is 4.77. The number of fused-ring (bicyclic) bond motifs is 1. The Hall–Kier alpha value is -5.32. The molecule has 0 radical (unpaired) electrons. The number of rotatable bonds is 9. The van der Waals surface area contributed by atoms with Gasteiger partial charge in [-0.1, -0.05) is 18.2 Å². The molecule has 4 aromatic rings. The minimum Gasteiger partial charge on any atom is -0.507 e. The van der Waals surface area contributed by atoms with Gasteiger partial charge in [-0.15, -0.1) is 0 Å². The lowest BCUT2D eigenvalue weighted by Crippen LogP contribution is -2.31. The van der Waals surface area contributed by atoms with Crippen LogP contribution >= 0.6 is 0 Å². The number of ether oxygens (including phenoxy) is 3. The van der Waals surface area contributed by atoms with Gasteiger partial charge in [-0.2, -0.15) is 0 Å². The normalized spacial score (nSPS) is 16.3. The molecule has 41 heavy (non-hydrogen) atoms. The molecule has 0 saturated carbocycles. The average molecular weight is 558 g/mol. The lowest BCUT2D eigenvalue weighted by Gasteiger charge is -2.26. The number of aliphatic hydroxyl groups is 1. The molecule has 3 aromatic carbocycles. The van der Waals surface area contributed by atoms with Gasteiger partial charge in [-0.05, 0) is 47.9 Å². The predicted molar refractivity (Wildman–Crippen MR) is 150 cm³/mol. The van der Waals surface area contributed by atoms with Crippen LogP contribution in [0.15, 0.2) is 72.4 Å². The van der Waals surface area contributed by atoms with Crippen molar-refractivity contribution in [2.45, 2.75) is 12.5 Å². The van der Waals surface area contributed by atoms with E-state index in [0.717, 1.165) is 22.5 Å². The summed E-state index contributed by atoms with van der Waals surface area (Å²) >= 11 is 0. The van der Waals surface area contributed by atoms with E-state index >= 15 is 0 Å². The van der Waals surface area contributed by atoms with Crippen molar-refractivity contribution in [3.05, 3.63) is 99.2 Å². The molecule has 11 nitrogen and oxygen atoms in total. The molecular weight excluding hydrogens is 530 g/mol. The second-order valence-electron chi connectivity index (χ2n) is 9.39.